The van der Waals surface area contributed by atoms with Crippen molar-refractivity contribution in [2.45, 2.75) is 42.9 Å². The van der Waals surface area contributed by atoms with Crippen LogP contribution in [0.25, 0.3) is 0 Å². The second kappa shape index (κ2) is 5.80. The van der Waals surface area contributed by atoms with E-state index in [0.29, 0.717) is 10.1 Å². The van der Waals surface area contributed by atoms with Gasteiger partial charge in [0.25, 0.3) is 0 Å². The van der Waals surface area contributed by atoms with Crippen LogP contribution in [0.2, 0.25) is 0 Å². The van der Waals surface area contributed by atoms with Crippen molar-refractivity contribution in [1.29, 1.82) is 0 Å². The predicted octanol–water partition coefficient (Wildman–Crippen LogP) is 2.46. The van der Waals surface area contributed by atoms with Crippen molar-refractivity contribution >= 4 is 11.8 Å². The number of nitrogens with zero attached hydrogens (tertiary/aromatic N) is 2. The lowest BCUT2D eigenvalue weighted by atomic mass is 10.1. The number of nitrogens with two attached hydrogens (primary N) is 1. The first kappa shape index (κ1) is 14.8. The summed E-state index contributed by atoms with van der Waals surface area (Å²) in [6.07, 6.45) is 0. The third-order valence-electron chi connectivity index (χ3n) is 2.87. The van der Waals surface area contributed by atoms with Gasteiger partial charge in [0, 0.05) is 12.1 Å². The molecule has 0 aliphatic heterocycles. The Kier molecular flexibility index (Phi) is 4.29. The third kappa shape index (κ3) is 2.94. The molecule has 1 aromatic heterocycles. The van der Waals surface area contributed by atoms with E-state index in [4.69, 9.17) is 5.73 Å². The van der Waals surface area contributed by atoms with Crippen molar-refractivity contribution in [3.63, 3.8) is 0 Å². The normalized spacial score (nSPS) is 12.9. The molecule has 3 N–H and O–H groups in total. The van der Waals surface area contributed by atoms with Crippen LogP contribution in [0.1, 0.15) is 38.4 Å². The number of rotatable bonds is 4. The van der Waals surface area contributed by atoms with Gasteiger partial charge in [-0.1, -0.05) is 6.07 Å². The molecule has 20 heavy (non-hydrogen) atoms. The summed E-state index contributed by atoms with van der Waals surface area (Å²) in [6, 6.07) is 4.58. The minimum absolute atomic E-state index is 0.0462. The molecular formula is C13H17FN4OS. The van der Waals surface area contributed by atoms with Gasteiger partial charge in [0.1, 0.15) is 5.82 Å². The fraction of sp³-hybridized carbons (Fsp3) is 0.385. The summed E-state index contributed by atoms with van der Waals surface area (Å²) in [7, 11) is 0. The number of H-pyrrole nitrogens is 1. The van der Waals surface area contributed by atoms with Crippen molar-refractivity contribution in [1.82, 2.24) is 14.8 Å². The van der Waals surface area contributed by atoms with Crippen LogP contribution in [0.4, 0.5) is 4.39 Å². The van der Waals surface area contributed by atoms with Gasteiger partial charge >= 0.3 is 5.69 Å². The molecule has 1 atom stereocenters. The highest BCUT2D eigenvalue weighted by Gasteiger charge is 2.15. The summed E-state index contributed by atoms with van der Waals surface area (Å²) >= 11 is 1.12. The average molecular weight is 296 g/mol. The molecule has 2 rings (SSSR count). The number of benzene rings is 1. The fourth-order valence-corrected chi connectivity index (χ4v) is 2.77. The molecule has 7 heteroatoms. The van der Waals surface area contributed by atoms with Gasteiger partial charge in [0.2, 0.25) is 0 Å². The number of nitrogens with one attached hydrogen (secondary N) is 1. The standard InChI is InChI=1S/C13H17FN4OS/c1-7(2)18-12(19)16-17-13(18)20-11-5-4-9(8(3)15)6-10(11)14/h4-8H,15H2,1-3H3,(H,16,19). The highest BCUT2D eigenvalue weighted by molar-refractivity contribution is 7.99. The lowest BCUT2D eigenvalue weighted by Crippen LogP contribution is -2.19. The molecule has 0 aliphatic rings. The Morgan fingerprint density at radius 2 is 2.10 bits per heavy atom. The van der Waals surface area contributed by atoms with E-state index in [1.54, 1.807) is 19.1 Å². The molecule has 1 unspecified atom stereocenters. The van der Waals surface area contributed by atoms with Crippen molar-refractivity contribution in [2.24, 2.45) is 5.73 Å². The van der Waals surface area contributed by atoms with Crippen LogP contribution in [-0.4, -0.2) is 14.8 Å². The van der Waals surface area contributed by atoms with E-state index in [1.807, 2.05) is 13.8 Å². The van der Waals surface area contributed by atoms with Gasteiger partial charge in [0.15, 0.2) is 5.16 Å². The minimum Gasteiger partial charge on any atom is -0.324 e. The SMILES string of the molecule is CC(N)c1ccc(Sc2n[nH]c(=O)n2C(C)C)c(F)c1. The van der Waals surface area contributed by atoms with Crippen LogP contribution in [0.15, 0.2) is 33.0 Å². The molecule has 5 nitrogen and oxygen atoms in total. The molecule has 1 heterocycles. The van der Waals surface area contributed by atoms with Gasteiger partial charge in [-0.05, 0) is 50.2 Å². The van der Waals surface area contributed by atoms with E-state index >= 15 is 0 Å². The largest absolute Gasteiger partial charge is 0.344 e. The summed E-state index contributed by atoms with van der Waals surface area (Å²) < 4.78 is 15.5. The molecule has 0 bridgehead atoms. The van der Waals surface area contributed by atoms with E-state index < -0.39 is 0 Å². The van der Waals surface area contributed by atoms with E-state index in [-0.39, 0.29) is 23.6 Å². The van der Waals surface area contributed by atoms with Crippen LogP contribution in [0.3, 0.4) is 0 Å². The maximum atomic E-state index is 14.0. The molecule has 0 radical (unpaired) electrons. The fourth-order valence-electron chi connectivity index (χ4n) is 1.80. The molecular weight excluding hydrogens is 279 g/mol. The Morgan fingerprint density at radius 1 is 1.40 bits per heavy atom. The zero-order valence-corrected chi connectivity index (χ0v) is 12.4. The highest BCUT2D eigenvalue weighted by Crippen LogP contribution is 2.30. The molecule has 2 aromatic rings. The first-order valence-corrected chi connectivity index (χ1v) is 7.11. The lowest BCUT2D eigenvalue weighted by molar-refractivity contribution is 0.533. The van der Waals surface area contributed by atoms with Gasteiger partial charge in [-0.2, -0.15) is 0 Å². The summed E-state index contributed by atoms with van der Waals surface area (Å²) in [4.78, 5) is 12.0. The van der Waals surface area contributed by atoms with Gasteiger partial charge in [0.05, 0.1) is 4.90 Å². The Balaban J connectivity index is 2.34. The third-order valence-corrected chi connectivity index (χ3v) is 3.89. The number of aromatic amines is 1. The molecule has 0 saturated carbocycles. The van der Waals surface area contributed by atoms with Gasteiger partial charge in [-0.3, -0.25) is 4.57 Å². The monoisotopic (exact) mass is 296 g/mol. The topological polar surface area (TPSA) is 76.7 Å². The molecule has 0 fully saturated rings. The second-order valence-corrected chi connectivity index (χ2v) is 5.86. The van der Waals surface area contributed by atoms with Crippen LogP contribution < -0.4 is 11.4 Å². The van der Waals surface area contributed by atoms with Crippen molar-refractivity contribution < 1.29 is 4.39 Å². The molecule has 1 aromatic carbocycles. The molecule has 0 amide bonds. The van der Waals surface area contributed by atoms with Crippen LogP contribution in [-0.2, 0) is 0 Å². The second-order valence-electron chi connectivity index (χ2n) is 4.86. The Bertz CT molecular complexity index is 663. The van der Waals surface area contributed by atoms with Gasteiger partial charge in [-0.15, -0.1) is 5.10 Å². The highest BCUT2D eigenvalue weighted by atomic mass is 32.2. The Morgan fingerprint density at radius 3 is 2.65 bits per heavy atom. The summed E-state index contributed by atoms with van der Waals surface area (Å²) in [5.74, 6) is -0.365. The molecule has 0 aliphatic carbocycles. The van der Waals surface area contributed by atoms with Gasteiger partial charge in [-0.25, -0.2) is 14.3 Å². The predicted molar refractivity (Wildman–Crippen MR) is 76.4 cm³/mol. The van der Waals surface area contributed by atoms with E-state index in [1.165, 1.54) is 10.6 Å². The Hall–Kier alpha value is -1.60. The number of hydrogen-bond acceptors (Lipinski definition) is 4. The molecule has 0 spiro atoms. The maximum absolute atomic E-state index is 14.0. The van der Waals surface area contributed by atoms with E-state index in [9.17, 15) is 9.18 Å². The minimum atomic E-state index is -0.365. The average Bonchev–Trinajstić information content (AvgIpc) is 2.72. The number of aromatic nitrogens is 3. The first-order valence-electron chi connectivity index (χ1n) is 6.30. The van der Waals surface area contributed by atoms with E-state index in [0.717, 1.165) is 17.3 Å². The molecule has 0 saturated heterocycles. The van der Waals surface area contributed by atoms with Crippen LogP contribution in [0, 0.1) is 5.82 Å². The summed E-state index contributed by atoms with van der Waals surface area (Å²) in [5.41, 5.74) is 6.15. The summed E-state index contributed by atoms with van der Waals surface area (Å²) in [6.45, 7) is 5.54. The zero-order chi connectivity index (χ0) is 14.9. The van der Waals surface area contributed by atoms with Crippen LogP contribution >= 0.6 is 11.8 Å². The van der Waals surface area contributed by atoms with Crippen LogP contribution in [0.5, 0.6) is 0 Å². The smallest absolute Gasteiger partial charge is 0.324 e. The lowest BCUT2D eigenvalue weighted by Gasteiger charge is -2.10. The first-order chi connectivity index (χ1) is 9.40. The van der Waals surface area contributed by atoms with Crippen molar-refractivity contribution in [3.8, 4) is 0 Å². The van der Waals surface area contributed by atoms with Crippen molar-refractivity contribution in [3.05, 3.63) is 40.1 Å². The maximum Gasteiger partial charge on any atom is 0.344 e. The summed E-state index contributed by atoms with van der Waals surface area (Å²) in [5, 5.41) is 6.75. The van der Waals surface area contributed by atoms with Crippen molar-refractivity contribution in [2.75, 3.05) is 0 Å². The number of halogens is 1. The number of hydrogen-bond donors (Lipinski definition) is 2. The molecule has 108 valence electrons. The zero-order valence-electron chi connectivity index (χ0n) is 11.6. The van der Waals surface area contributed by atoms with E-state index in [2.05, 4.69) is 10.2 Å². The quantitative estimate of drug-likeness (QED) is 0.908. The van der Waals surface area contributed by atoms with Gasteiger partial charge < -0.3 is 5.73 Å². The Labute approximate surface area is 120 Å².